The maximum atomic E-state index is 13.0. The molecule has 150 valence electrons. The van der Waals surface area contributed by atoms with Crippen molar-refractivity contribution in [1.82, 2.24) is 14.7 Å². The van der Waals surface area contributed by atoms with E-state index in [0.29, 0.717) is 30.9 Å². The third-order valence-electron chi connectivity index (χ3n) is 4.44. The second-order valence-electron chi connectivity index (χ2n) is 7.99. The molecule has 1 N–H and O–H groups in total. The van der Waals surface area contributed by atoms with Gasteiger partial charge >= 0.3 is 6.09 Å². The topological polar surface area (TPSA) is 76.5 Å². The Kier molecular flexibility index (Phi) is 5.52. The Labute approximate surface area is 173 Å². The number of carbonyl (C=O) groups is 2. The van der Waals surface area contributed by atoms with Crippen molar-refractivity contribution in [2.24, 2.45) is 7.05 Å². The summed E-state index contributed by atoms with van der Waals surface area (Å²) in [4.78, 5) is 27.1. The highest BCUT2D eigenvalue weighted by Gasteiger charge is 2.31. The first kappa shape index (κ1) is 20.4. The van der Waals surface area contributed by atoms with Crippen LogP contribution in [0.2, 0.25) is 0 Å². The average molecular weight is 449 g/mol. The number of carbonyl (C=O) groups excluding carboxylic acids is 2. The van der Waals surface area contributed by atoms with E-state index >= 15 is 0 Å². The second-order valence-corrected chi connectivity index (χ2v) is 8.84. The van der Waals surface area contributed by atoms with Crippen LogP contribution in [-0.2, 0) is 24.8 Å². The highest BCUT2D eigenvalue weighted by Crippen LogP contribution is 2.27. The molecule has 0 saturated heterocycles. The zero-order valence-corrected chi connectivity index (χ0v) is 18.4. The molecule has 0 bridgehead atoms. The fraction of sp³-hybridized carbons (Fsp3) is 0.450. The zero-order valence-electron chi connectivity index (χ0n) is 16.8. The lowest BCUT2D eigenvalue weighted by Gasteiger charge is -2.29. The molecular formula is C20H25BrN4O3. The monoisotopic (exact) mass is 448 g/mol. The van der Waals surface area contributed by atoms with Crippen molar-refractivity contribution in [2.45, 2.75) is 46.3 Å². The van der Waals surface area contributed by atoms with Gasteiger partial charge in [0.1, 0.15) is 11.3 Å². The van der Waals surface area contributed by atoms with Gasteiger partial charge in [0, 0.05) is 30.0 Å². The lowest BCUT2D eigenvalue weighted by Crippen LogP contribution is -2.40. The Morgan fingerprint density at radius 1 is 1.29 bits per heavy atom. The van der Waals surface area contributed by atoms with E-state index in [1.54, 1.807) is 16.6 Å². The largest absolute Gasteiger partial charge is 0.444 e. The number of hydrogen-bond donors (Lipinski definition) is 1. The molecule has 7 nitrogen and oxygen atoms in total. The second kappa shape index (κ2) is 7.58. The molecular weight excluding hydrogens is 424 g/mol. The zero-order chi connectivity index (χ0) is 20.6. The van der Waals surface area contributed by atoms with E-state index in [0.717, 1.165) is 21.3 Å². The number of amides is 2. The number of fused-ring (bicyclic) bond motifs is 1. The molecule has 2 amide bonds. The summed E-state index contributed by atoms with van der Waals surface area (Å²) in [5.74, 6) is -0.258. The van der Waals surface area contributed by atoms with Gasteiger partial charge in [0.2, 0.25) is 0 Å². The molecule has 0 saturated carbocycles. The maximum Gasteiger partial charge on any atom is 0.410 e. The molecule has 3 rings (SSSR count). The summed E-state index contributed by atoms with van der Waals surface area (Å²) >= 11 is 3.48. The smallest absolute Gasteiger partial charge is 0.410 e. The third kappa shape index (κ3) is 4.38. The molecule has 0 aliphatic carbocycles. The summed E-state index contributed by atoms with van der Waals surface area (Å²) in [6, 6.07) is 5.73. The Hall–Kier alpha value is -2.35. The van der Waals surface area contributed by atoms with E-state index < -0.39 is 5.60 Å². The molecule has 0 fully saturated rings. The van der Waals surface area contributed by atoms with Crippen LogP contribution in [0.3, 0.4) is 0 Å². The van der Waals surface area contributed by atoms with Crippen LogP contribution in [0.5, 0.6) is 0 Å². The van der Waals surface area contributed by atoms with Crippen LogP contribution >= 0.6 is 15.9 Å². The van der Waals surface area contributed by atoms with E-state index in [9.17, 15) is 9.59 Å². The third-order valence-corrected chi connectivity index (χ3v) is 5.09. The number of nitrogens with one attached hydrogen (secondary N) is 1. The Bertz CT molecular complexity index is 930. The van der Waals surface area contributed by atoms with Gasteiger partial charge in [0.05, 0.1) is 17.9 Å². The van der Waals surface area contributed by atoms with Gasteiger partial charge in [0.25, 0.3) is 5.91 Å². The average Bonchev–Trinajstić information content (AvgIpc) is 2.90. The van der Waals surface area contributed by atoms with Gasteiger partial charge in [-0.2, -0.15) is 5.10 Å². The summed E-state index contributed by atoms with van der Waals surface area (Å²) < 4.78 is 7.87. The van der Waals surface area contributed by atoms with Crippen LogP contribution in [-0.4, -0.2) is 38.8 Å². The van der Waals surface area contributed by atoms with Gasteiger partial charge in [-0.1, -0.05) is 6.07 Å². The molecule has 0 unspecified atom stereocenters. The van der Waals surface area contributed by atoms with Crippen molar-refractivity contribution in [3.05, 3.63) is 45.2 Å². The number of rotatable bonds is 2. The molecule has 8 heteroatoms. The number of halogens is 1. The fourth-order valence-electron chi connectivity index (χ4n) is 3.17. The number of ether oxygens (including phenoxy) is 1. The molecule has 0 radical (unpaired) electrons. The van der Waals surface area contributed by atoms with Crippen LogP contribution in [0.1, 0.15) is 48.1 Å². The quantitative estimate of drug-likeness (QED) is 0.751. The predicted octanol–water partition coefficient (Wildman–Crippen LogP) is 4.04. The van der Waals surface area contributed by atoms with Gasteiger partial charge in [-0.3, -0.25) is 9.48 Å². The van der Waals surface area contributed by atoms with Crippen LogP contribution in [0.15, 0.2) is 22.7 Å². The van der Waals surface area contributed by atoms with E-state index in [-0.39, 0.29) is 12.0 Å². The van der Waals surface area contributed by atoms with Crippen molar-refractivity contribution < 1.29 is 14.3 Å². The van der Waals surface area contributed by atoms with Crippen LogP contribution in [0, 0.1) is 6.92 Å². The summed E-state index contributed by atoms with van der Waals surface area (Å²) in [7, 11) is 1.75. The summed E-state index contributed by atoms with van der Waals surface area (Å²) in [6.07, 6.45) is 0.207. The molecule has 1 aliphatic rings. The van der Waals surface area contributed by atoms with E-state index in [1.165, 1.54) is 0 Å². The predicted molar refractivity (Wildman–Crippen MR) is 110 cm³/mol. The fourth-order valence-corrected chi connectivity index (χ4v) is 3.76. The van der Waals surface area contributed by atoms with Crippen molar-refractivity contribution >= 4 is 33.6 Å². The Morgan fingerprint density at radius 3 is 2.64 bits per heavy atom. The Balaban J connectivity index is 1.83. The van der Waals surface area contributed by atoms with E-state index in [1.807, 2.05) is 45.9 Å². The standard InChI is InChI=1S/C20H25BrN4O3/c1-12-6-7-16(14(21)10-12)22-18(26)17-13-11-25(19(27)28-20(2,3)4)9-8-15(13)23-24(17)5/h6-7,10H,8-9,11H2,1-5H3,(H,22,26). The van der Waals surface area contributed by atoms with E-state index in [4.69, 9.17) is 4.74 Å². The lowest BCUT2D eigenvalue weighted by atomic mass is 10.1. The van der Waals surface area contributed by atoms with E-state index in [2.05, 4.69) is 26.3 Å². The maximum absolute atomic E-state index is 13.0. The molecule has 1 aromatic heterocycles. The van der Waals surface area contributed by atoms with Crippen LogP contribution in [0.4, 0.5) is 10.5 Å². The summed E-state index contributed by atoms with van der Waals surface area (Å²) in [5.41, 5.74) is 3.28. The number of benzene rings is 1. The molecule has 2 heterocycles. The SMILES string of the molecule is Cc1ccc(NC(=O)c2c3c(nn2C)CCN(C(=O)OC(C)(C)C)C3)c(Br)c1. The number of hydrogen-bond acceptors (Lipinski definition) is 4. The number of aryl methyl sites for hydroxylation is 2. The summed E-state index contributed by atoms with van der Waals surface area (Å²) in [5, 5.41) is 7.42. The van der Waals surface area contributed by atoms with Gasteiger partial charge in [0.15, 0.2) is 0 Å². The first-order valence-corrected chi connectivity index (χ1v) is 9.94. The number of aromatic nitrogens is 2. The van der Waals surface area contributed by atoms with Crippen LogP contribution < -0.4 is 5.32 Å². The van der Waals surface area contributed by atoms with Gasteiger partial charge in [-0.15, -0.1) is 0 Å². The molecule has 1 aliphatic heterocycles. The van der Waals surface area contributed by atoms with Crippen molar-refractivity contribution in [2.75, 3.05) is 11.9 Å². The number of anilines is 1. The Morgan fingerprint density at radius 2 is 2.00 bits per heavy atom. The highest BCUT2D eigenvalue weighted by molar-refractivity contribution is 9.10. The molecule has 0 spiro atoms. The molecule has 2 aromatic rings. The van der Waals surface area contributed by atoms with Crippen molar-refractivity contribution in [3.63, 3.8) is 0 Å². The first-order valence-electron chi connectivity index (χ1n) is 9.15. The van der Waals surface area contributed by atoms with Crippen LogP contribution in [0.25, 0.3) is 0 Å². The van der Waals surface area contributed by atoms with Crippen molar-refractivity contribution in [3.8, 4) is 0 Å². The van der Waals surface area contributed by atoms with Gasteiger partial charge < -0.3 is 15.0 Å². The molecule has 28 heavy (non-hydrogen) atoms. The number of nitrogens with zero attached hydrogens (tertiary/aromatic N) is 3. The summed E-state index contributed by atoms with van der Waals surface area (Å²) in [6.45, 7) is 8.31. The lowest BCUT2D eigenvalue weighted by molar-refractivity contribution is 0.0222. The van der Waals surface area contributed by atoms with Gasteiger partial charge in [-0.05, 0) is 61.3 Å². The minimum absolute atomic E-state index is 0.258. The molecule has 0 atom stereocenters. The van der Waals surface area contributed by atoms with Crippen molar-refractivity contribution in [1.29, 1.82) is 0 Å². The minimum Gasteiger partial charge on any atom is -0.444 e. The first-order chi connectivity index (χ1) is 13.0. The minimum atomic E-state index is -0.565. The highest BCUT2D eigenvalue weighted by atomic mass is 79.9. The normalized spacial score (nSPS) is 13.9. The van der Waals surface area contributed by atoms with Gasteiger partial charge in [-0.25, -0.2) is 4.79 Å². The molecule has 1 aromatic carbocycles.